The highest BCUT2D eigenvalue weighted by atomic mass is 31.2. The van der Waals surface area contributed by atoms with Gasteiger partial charge in [0.1, 0.15) is 31.2 Å². The predicted molar refractivity (Wildman–Crippen MR) is 273 cm³/mol. The SMILES string of the molecule is CCCCCCCCCCCCCC(=O)Nc1cc(C)c(C(C)(C)CC(=O)NCCNC(=O)c2ccc(-c3c4ccc(=[N+](C)C)cc-4oc4cc(N(C)C)ccc34)c(C(=O)O)c2)c(OP(=O)(O)O)c1. The predicted octanol–water partition coefficient (Wildman–Crippen LogP) is 9.63. The van der Waals surface area contributed by atoms with Gasteiger partial charge in [0.05, 0.1) is 11.6 Å². The Morgan fingerprint density at radius 1 is 0.783 bits per heavy atom. The molecule has 16 heteroatoms. The lowest BCUT2D eigenvalue weighted by Gasteiger charge is -2.29. The van der Waals surface area contributed by atoms with Crippen LogP contribution in [0.25, 0.3) is 33.4 Å². The van der Waals surface area contributed by atoms with Gasteiger partial charge < -0.3 is 34.9 Å². The van der Waals surface area contributed by atoms with Crippen molar-refractivity contribution in [2.24, 2.45) is 0 Å². The third-order valence-corrected chi connectivity index (χ3v) is 12.8. The first kappa shape index (κ1) is 53.9. The largest absolute Gasteiger partial charge is 0.524 e. The number of carbonyl (C=O) groups is 4. The average molecular weight is 969 g/mol. The minimum atomic E-state index is -5.04. The van der Waals surface area contributed by atoms with Gasteiger partial charge in [0.25, 0.3) is 5.91 Å². The van der Waals surface area contributed by atoms with Crippen LogP contribution in [0.4, 0.5) is 11.4 Å². The van der Waals surface area contributed by atoms with Crippen LogP contribution in [0.15, 0.2) is 71.1 Å². The van der Waals surface area contributed by atoms with Gasteiger partial charge in [-0.05, 0) is 60.9 Å². The lowest BCUT2D eigenvalue weighted by atomic mass is 9.78. The number of carboxylic acids is 1. The summed E-state index contributed by atoms with van der Waals surface area (Å²) in [4.78, 5) is 74.1. The molecule has 2 aliphatic rings. The second-order valence-corrected chi connectivity index (χ2v) is 20.1. The van der Waals surface area contributed by atoms with Gasteiger partial charge in [0, 0.05) is 103 Å². The smallest absolute Gasteiger partial charge is 0.478 e. The summed E-state index contributed by atoms with van der Waals surface area (Å²) in [5.41, 5.74) is 3.55. The highest BCUT2D eigenvalue weighted by Crippen LogP contribution is 2.46. The number of benzene rings is 4. The summed E-state index contributed by atoms with van der Waals surface area (Å²) in [6.45, 7) is 7.49. The van der Waals surface area contributed by atoms with Gasteiger partial charge in [-0.15, -0.1) is 0 Å². The summed E-state index contributed by atoms with van der Waals surface area (Å²) in [5.74, 6) is -1.95. The summed E-state index contributed by atoms with van der Waals surface area (Å²) < 4.78 is 25.6. The molecule has 1 heterocycles. The Morgan fingerprint density at radius 3 is 2.04 bits per heavy atom. The average Bonchev–Trinajstić information content (AvgIpc) is 3.27. The summed E-state index contributed by atoms with van der Waals surface area (Å²) in [6.07, 6.45) is 13.0. The summed E-state index contributed by atoms with van der Waals surface area (Å²) in [7, 11) is 2.65. The summed E-state index contributed by atoms with van der Waals surface area (Å²) in [5, 5.41) is 20.5. The molecule has 5 rings (SSSR count). The first-order valence-electron chi connectivity index (χ1n) is 24.0. The maximum Gasteiger partial charge on any atom is 0.524 e. The van der Waals surface area contributed by atoms with Gasteiger partial charge >= 0.3 is 13.8 Å². The number of amides is 3. The van der Waals surface area contributed by atoms with Gasteiger partial charge in [0.2, 0.25) is 17.2 Å². The van der Waals surface area contributed by atoms with Crippen molar-refractivity contribution in [2.45, 2.75) is 117 Å². The number of aryl methyl sites for hydroxylation is 1. The van der Waals surface area contributed by atoms with Crippen LogP contribution >= 0.6 is 7.82 Å². The number of nitrogens with one attached hydrogen (secondary N) is 3. The molecule has 0 radical (unpaired) electrons. The number of phosphoric ester groups is 1. The fraction of sp³-hybridized carbons (Fsp3) is 0.453. The molecular formula is C53H71N5O10P+. The molecule has 0 saturated carbocycles. The van der Waals surface area contributed by atoms with E-state index in [0.717, 1.165) is 36.7 Å². The highest BCUT2D eigenvalue weighted by Gasteiger charge is 2.33. The van der Waals surface area contributed by atoms with Crippen LogP contribution in [0.2, 0.25) is 0 Å². The van der Waals surface area contributed by atoms with E-state index in [-0.39, 0.29) is 42.3 Å². The van der Waals surface area contributed by atoms with E-state index in [1.54, 1.807) is 39.0 Å². The molecule has 69 heavy (non-hydrogen) atoms. The number of anilines is 2. The second-order valence-electron chi connectivity index (χ2n) is 18.9. The van der Waals surface area contributed by atoms with Crippen LogP contribution < -0.4 is 35.3 Å². The van der Waals surface area contributed by atoms with Crippen molar-refractivity contribution in [1.82, 2.24) is 15.2 Å². The van der Waals surface area contributed by atoms with Crippen LogP contribution in [0.5, 0.6) is 5.75 Å². The topological polar surface area (TPSA) is 211 Å². The summed E-state index contributed by atoms with van der Waals surface area (Å²) >= 11 is 0. The number of carbonyl (C=O) groups excluding carboxylic acids is 3. The number of unbranched alkanes of at least 4 members (excludes halogenated alkanes) is 10. The Hall–Kier alpha value is -6.02. The quantitative estimate of drug-likeness (QED) is 0.0140. The van der Waals surface area contributed by atoms with Crippen molar-refractivity contribution in [3.05, 3.63) is 94.3 Å². The minimum absolute atomic E-state index is 0.0201. The van der Waals surface area contributed by atoms with Crippen molar-refractivity contribution in [1.29, 1.82) is 0 Å². The highest BCUT2D eigenvalue weighted by molar-refractivity contribution is 7.46. The number of hydrogen-bond acceptors (Lipinski definition) is 8. The monoisotopic (exact) mass is 968 g/mol. The fourth-order valence-corrected chi connectivity index (χ4v) is 9.29. The molecule has 3 aromatic rings. The molecule has 1 aliphatic heterocycles. The van der Waals surface area contributed by atoms with Crippen molar-refractivity contribution < 1.29 is 47.6 Å². The lowest BCUT2D eigenvalue weighted by molar-refractivity contribution is -0.122. The van der Waals surface area contributed by atoms with Gasteiger partial charge in [-0.2, -0.15) is 0 Å². The Balaban J connectivity index is 1.21. The van der Waals surface area contributed by atoms with Crippen molar-refractivity contribution >= 4 is 53.9 Å². The fourth-order valence-electron chi connectivity index (χ4n) is 8.89. The van der Waals surface area contributed by atoms with Gasteiger partial charge in [0.15, 0.2) is 0 Å². The van der Waals surface area contributed by atoms with E-state index in [4.69, 9.17) is 8.94 Å². The van der Waals surface area contributed by atoms with Crippen LogP contribution in [0, 0.1) is 6.92 Å². The van der Waals surface area contributed by atoms with E-state index in [1.807, 2.05) is 74.1 Å². The molecular weight excluding hydrogens is 898 g/mol. The Kier molecular flexibility index (Phi) is 19.2. The zero-order valence-corrected chi connectivity index (χ0v) is 42.4. The van der Waals surface area contributed by atoms with Crippen LogP contribution in [0.3, 0.4) is 0 Å². The maximum absolute atomic E-state index is 13.4. The van der Waals surface area contributed by atoms with E-state index in [1.165, 1.54) is 57.1 Å². The third-order valence-electron chi connectivity index (χ3n) is 12.3. The number of hydrogen-bond donors (Lipinski definition) is 6. The molecule has 6 N–H and O–H groups in total. The molecule has 15 nitrogen and oxygen atoms in total. The van der Waals surface area contributed by atoms with Crippen LogP contribution in [-0.2, 0) is 19.6 Å². The zero-order chi connectivity index (χ0) is 50.5. The molecule has 0 unspecified atom stereocenters. The first-order chi connectivity index (χ1) is 32.7. The number of carboxylic acid groups (broad SMARTS) is 1. The molecule has 3 aromatic carbocycles. The molecule has 1 aliphatic carbocycles. The first-order valence-corrected chi connectivity index (χ1v) is 25.5. The minimum Gasteiger partial charge on any atom is -0.478 e. The number of fused-ring (bicyclic) bond motifs is 2. The van der Waals surface area contributed by atoms with Crippen molar-refractivity contribution in [3.63, 3.8) is 0 Å². The molecule has 0 spiro atoms. The molecule has 3 amide bonds. The zero-order valence-electron chi connectivity index (χ0n) is 41.5. The van der Waals surface area contributed by atoms with E-state index in [2.05, 4.69) is 22.9 Å². The van der Waals surface area contributed by atoms with Gasteiger partial charge in [-0.1, -0.05) is 91.0 Å². The van der Waals surface area contributed by atoms with Crippen LogP contribution in [-0.4, -0.2) is 79.9 Å². The second kappa shape index (κ2) is 24.5. The van der Waals surface area contributed by atoms with E-state index >= 15 is 0 Å². The number of rotatable bonds is 25. The molecule has 0 aromatic heterocycles. The lowest BCUT2D eigenvalue weighted by Crippen LogP contribution is -2.37. The van der Waals surface area contributed by atoms with E-state index in [0.29, 0.717) is 56.7 Å². The van der Waals surface area contributed by atoms with E-state index < -0.39 is 31.0 Å². The van der Waals surface area contributed by atoms with Crippen molar-refractivity contribution in [2.75, 3.05) is 51.5 Å². The normalized spacial score (nSPS) is 11.7. The molecule has 0 fully saturated rings. The number of nitrogens with zero attached hydrogens (tertiary/aromatic N) is 2. The standard InChI is InChI=1S/C53H70N5O10P/c1-9-10-11-12-13-14-15-16-17-18-19-20-47(59)56-37-29-35(2)50(46(31-37)68-69(64,65)66)53(3,4)34-48(60)54-27-28-55-51(61)36-21-24-40(43(30-36)52(62)63)49-41-25-22-38(57(5)6)32-44(41)67-45-33-39(58(7)8)23-26-42(45)49/h21-26,29-33H,9-20,27-28,34H2,1-8H3,(H5-,54,55,56,59,60,61,62,63,64,65,66)/p+1. The summed E-state index contributed by atoms with van der Waals surface area (Å²) in [6, 6.07) is 19.1. The Bertz CT molecular complexity index is 2720. The van der Waals surface area contributed by atoms with Crippen molar-refractivity contribution in [3.8, 4) is 28.2 Å². The Morgan fingerprint density at radius 2 is 1.42 bits per heavy atom. The van der Waals surface area contributed by atoms with Gasteiger partial charge in [-0.3, -0.25) is 24.2 Å². The van der Waals surface area contributed by atoms with Gasteiger partial charge in [-0.25, -0.2) is 13.9 Å². The van der Waals surface area contributed by atoms with E-state index in [9.17, 15) is 38.6 Å². The Labute approximate surface area is 405 Å². The molecule has 372 valence electrons. The maximum atomic E-state index is 13.4. The molecule has 0 atom stereocenters. The molecule has 0 saturated heterocycles. The third kappa shape index (κ3) is 15.2. The number of aromatic carboxylic acids is 1. The van der Waals surface area contributed by atoms with Crippen LogP contribution in [0.1, 0.15) is 136 Å². The molecule has 0 bridgehead atoms. The number of phosphoric acid groups is 1.